The summed E-state index contributed by atoms with van der Waals surface area (Å²) in [6, 6.07) is 2.67. The normalized spacial score (nSPS) is 15.2. The number of nitrogens with two attached hydrogens (primary N) is 1. The van der Waals surface area contributed by atoms with E-state index in [2.05, 4.69) is 45.7 Å². The van der Waals surface area contributed by atoms with Gasteiger partial charge in [-0.3, -0.25) is 4.90 Å². The Bertz CT molecular complexity index is 346. The highest BCUT2D eigenvalue weighted by atomic mass is 32.1. The zero-order valence-electron chi connectivity index (χ0n) is 11.8. The highest BCUT2D eigenvalue weighted by Gasteiger charge is 2.20. The molecule has 2 nitrogen and oxygen atoms in total. The van der Waals surface area contributed by atoms with Gasteiger partial charge in [0, 0.05) is 28.9 Å². The van der Waals surface area contributed by atoms with Crippen molar-refractivity contribution >= 4 is 11.3 Å². The highest BCUT2D eigenvalue weighted by molar-refractivity contribution is 7.12. The fourth-order valence-electron chi connectivity index (χ4n) is 2.27. The van der Waals surface area contributed by atoms with Gasteiger partial charge in [0.05, 0.1) is 0 Å². The lowest BCUT2D eigenvalue weighted by molar-refractivity contribution is 0.215. The van der Waals surface area contributed by atoms with Crippen molar-refractivity contribution < 1.29 is 0 Å². The summed E-state index contributed by atoms with van der Waals surface area (Å²) in [4.78, 5) is 5.20. The second kappa shape index (κ2) is 6.53. The van der Waals surface area contributed by atoms with E-state index in [0.29, 0.717) is 12.6 Å². The Morgan fingerprint density at radius 3 is 2.47 bits per heavy atom. The largest absolute Gasteiger partial charge is 0.329 e. The van der Waals surface area contributed by atoms with Crippen molar-refractivity contribution in [3.05, 3.63) is 21.4 Å². The molecule has 0 saturated heterocycles. The van der Waals surface area contributed by atoms with Gasteiger partial charge in [-0.25, -0.2) is 0 Å². The second-order valence-electron chi connectivity index (χ2n) is 5.07. The molecule has 0 saturated carbocycles. The van der Waals surface area contributed by atoms with Crippen LogP contribution in [0.3, 0.4) is 0 Å². The van der Waals surface area contributed by atoms with Gasteiger partial charge in [-0.1, -0.05) is 20.3 Å². The van der Waals surface area contributed by atoms with E-state index >= 15 is 0 Å². The number of thiophene rings is 1. The van der Waals surface area contributed by atoms with Crippen molar-refractivity contribution in [2.45, 2.75) is 40.2 Å². The van der Waals surface area contributed by atoms with Crippen molar-refractivity contribution in [2.24, 2.45) is 11.7 Å². The molecule has 0 radical (unpaired) electrons. The molecule has 3 heteroatoms. The quantitative estimate of drug-likeness (QED) is 0.843. The highest BCUT2D eigenvalue weighted by Crippen LogP contribution is 2.29. The van der Waals surface area contributed by atoms with Crippen LogP contribution in [-0.4, -0.2) is 25.0 Å². The summed E-state index contributed by atoms with van der Waals surface area (Å²) in [5, 5.41) is 0. The number of rotatable bonds is 6. The molecule has 1 heterocycles. The first-order valence-corrected chi connectivity index (χ1v) is 7.28. The average molecular weight is 254 g/mol. The Balaban J connectivity index is 2.80. The molecule has 98 valence electrons. The van der Waals surface area contributed by atoms with Crippen molar-refractivity contribution in [1.82, 2.24) is 4.90 Å². The lowest BCUT2D eigenvalue weighted by Crippen LogP contribution is -2.33. The molecule has 1 aromatic heterocycles. The second-order valence-corrected chi connectivity index (χ2v) is 6.53. The van der Waals surface area contributed by atoms with Crippen LogP contribution in [0.15, 0.2) is 6.07 Å². The van der Waals surface area contributed by atoms with Crippen molar-refractivity contribution in [3.8, 4) is 0 Å². The maximum absolute atomic E-state index is 5.96. The molecule has 0 aliphatic heterocycles. The number of nitrogens with zero attached hydrogens (tertiary/aromatic N) is 1. The Kier molecular flexibility index (Phi) is 5.63. The first kappa shape index (κ1) is 14.7. The Labute approximate surface area is 110 Å². The van der Waals surface area contributed by atoms with Crippen LogP contribution in [0.4, 0.5) is 0 Å². The number of aryl methyl sites for hydroxylation is 2. The van der Waals surface area contributed by atoms with Crippen LogP contribution in [0.1, 0.15) is 41.6 Å². The van der Waals surface area contributed by atoms with Gasteiger partial charge in [0.2, 0.25) is 0 Å². The van der Waals surface area contributed by atoms with Crippen molar-refractivity contribution in [2.75, 3.05) is 20.1 Å². The minimum absolute atomic E-state index is 0.369. The van der Waals surface area contributed by atoms with E-state index < -0.39 is 0 Å². The standard InChI is InChI=1S/C14H26N2S/c1-6-10(2)9-16(5)14(8-15)13-7-11(3)17-12(13)4/h7,10,14H,6,8-9,15H2,1-5H3. The molecule has 0 amide bonds. The molecule has 17 heavy (non-hydrogen) atoms. The van der Waals surface area contributed by atoms with Crippen LogP contribution in [0.2, 0.25) is 0 Å². The van der Waals surface area contributed by atoms with Crippen molar-refractivity contribution in [3.63, 3.8) is 0 Å². The molecule has 1 rings (SSSR count). The smallest absolute Gasteiger partial charge is 0.0478 e. The summed E-state index contributed by atoms with van der Waals surface area (Å²) >= 11 is 1.87. The van der Waals surface area contributed by atoms with E-state index in [0.717, 1.165) is 12.5 Å². The van der Waals surface area contributed by atoms with Gasteiger partial charge >= 0.3 is 0 Å². The molecule has 0 bridgehead atoms. The molecule has 0 aliphatic rings. The van der Waals surface area contributed by atoms with E-state index in [1.807, 2.05) is 11.3 Å². The van der Waals surface area contributed by atoms with Gasteiger partial charge < -0.3 is 5.73 Å². The van der Waals surface area contributed by atoms with E-state index in [9.17, 15) is 0 Å². The maximum atomic E-state index is 5.96. The zero-order valence-corrected chi connectivity index (χ0v) is 12.6. The summed E-state index contributed by atoms with van der Waals surface area (Å²) in [5.41, 5.74) is 7.38. The first-order valence-electron chi connectivity index (χ1n) is 6.46. The van der Waals surface area contributed by atoms with Gasteiger partial charge in [-0.15, -0.1) is 11.3 Å². The van der Waals surface area contributed by atoms with Gasteiger partial charge in [0.15, 0.2) is 0 Å². The topological polar surface area (TPSA) is 29.3 Å². The molecule has 0 aliphatic carbocycles. The van der Waals surface area contributed by atoms with Gasteiger partial charge in [-0.05, 0) is 38.4 Å². The Morgan fingerprint density at radius 1 is 1.41 bits per heavy atom. The molecular formula is C14H26N2S. The number of hydrogen-bond acceptors (Lipinski definition) is 3. The maximum Gasteiger partial charge on any atom is 0.0478 e. The monoisotopic (exact) mass is 254 g/mol. The fourth-order valence-corrected chi connectivity index (χ4v) is 3.26. The number of hydrogen-bond donors (Lipinski definition) is 1. The van der Waals surface area contributed by atoms with E-state index in [4.69, 9.17) is 5.73 Å². The molecule has 0 aromatic carbocycles. The summed E-state index contributed by atoms with van der Waals surface area (Å²) in [6.45, 7) is 10.7. The molecule has 0 fully saturated rings. The summed E-state index contributed by atoms with van der Waals surface area (Å²) in [5.74, 6) is 0.731. The summed E-state index contributed by atoms with van der Waals surface area (Å²) in [7, 11) is 2.19. The molecule has 2 N–H and O–H groups in total. The van der Waals surface area contributed by atoms with Crippen molar-refractivity contribution in [1.29, 1.82) is 0 Å². The Hall–Kier alpha value is -0.380. The van der Waals surface area contributed by atoms with Crippen LogP contribution < -0.4 is 5.73 Å². The van der Waals surface area contributed by atoms with E-state index in [1.54, 1.807) is 0 Å². The first-order chi connectivity index (χ1) is 7.99. The van der Waals surface area contributed by atoms with Crippen LogP contribution in [0, 0.1) is 19.8 Å². The number of likely N-dealkylation sites (N-methyl/N-ethyl adjacent to an activating group) is 1. The lowest BCUT2D eigenvalue weighted by Gasteiger charge is -2.29. The molecule has 1 aromatic rings. The van der Waals surface area contributed by atoms with Gasteiger partial charge in [-0.2, -0.15) is 0 Å². The fraction of sp³-hybridized carbons (Fsp3) is 0.714. The molecular weight excluding hydrogens is 228 g/mol. The average Bonchev–Trinajstić information content (AvgIpc) is 2.59. The molecule has 0 spiro atoms. The van der Waals surface area contributed by atoms with Crippen LogP contribution >= 0.6 is 11.3 Å². The van der Waals surface area contributed by atoms with Crippen LogP contribution in [0.5, 0.6) is 0 Å². The van der Waals surface area contributed by atoms with E-state index in [1.165, 1.54) is 21.7 Å². The molecule has 2 unspecified atom stereocenters. The van der Waals surface area contributed by atoms with Gasteiger partial charge in [0.25, 0.3) is 0 Å². The molecule has 2 atom stereocenters. The predicted octanol–water partition coefficient (Wildman–Crippen LogP) is 3.34. The SMILES string of the molecule is CCC(C)CN(C)C(CN)c1cc(C)sc1C. The zero-order chi connectivity index (χ0) is 13.0. The predicted molar refractivity (Wildman–Crippen MR) is 77.7 cm³/mol. The van der Waals surface area contributed by atoms with Crippen LogP contribution in [-0.2, 0) is 0 Å². The minimum atomic E-state index is 0.369. The third kappa shape index (κ3) is 3.80. The third-order valence-electron chi connectivity index (χ3n) is 3.49. The third-order valence-corrected chi connectivity index (χ3v) is 4.47. The summed E-state index contributed by atoms with van der Waals surface area (Å²) < 4.78 is 0. The Morgan fingerprint density at radius 2 is 2.06 bits per heavy atom. The lowest BCUT2D eigenvalue weighted by atomic mass is 10.0. The van der Waals surface area contributed by atoms with Crippen LogP contribution in [0.25, 0.3) is 0 Å². The van der Waals surface area contributed by atoms with Gasteiger partial charge in [0.1, 0.15) is 0 Å². The van der Waals surface area contributed by atoms with E-state index in [-0.39, 0.29) is 0 Å². The minimum Gasteiger partial charge on any atom is -0.329 e. The summed E-state index contributed by atoms with van der Waals surface area (Å²) in [6.07, 6.45) is 1.23.